The molecule has 0 atom stereocenters. The van der Waals surface area contributed by atoms with Crippen molar-refractivity contribution >= 4 is 48.5 Å². The fourth-order valence-corrected chi connectivity index (χ4v) is 4.65. The van der Waals surface area contributed by atoms with Crippen LogP contribution in [0.2, 0.25) is 0 Å². The Morgan fingerprint density at radius 2 is 1.79 bits per heavy atom. The van der Waals surface area contributed by atoms with Crippen molar-refractivity contribution in [1.29, 1.82) is 0 Å². The summed E-state index contributed by atoms with van der Waals surface area (Å²) in [5.41, 5.74) is 5.51. The van der Waals surface area contributed by atoms with Gasteiger partial charge in [0.25, 0.3) is 5.89 Å². The summed E-state index contributed by atoms with van der Waals surface area (Å²) >= 11 is 3.43. The zero-order valence-electron chi connectivity index (χ0n) is 18.0. The minimum absolute atomic E-state index is 0.197. The van der Waals surface area contributed by atoms with Gasteiger partial charge in [0, 0.05) is 44.1 Å². The van der Waals surface area contributed by atoms with Gasteiger partial charge in [0.2, 0.25) is 5.89 Å². The number of fused-ring (bicyclic) bond motifs is 4. The van der Waals surface area contributed by atoms with E-state index in [1.807, 2.05) is 48.8 Å². The number of ether oxygens (including phenoxy) is 1. The predicted octanol–water partition coefficient (Wildman–Crippen LogP) is 6.88. The number of rotatable bonds is 4. The fraction of sp³-hybridized carbons (Fsp3) is 0.115. The number of aromatic nitrogens is 4. The van der Waals surface area contributed by atoms with Gasteiger partial charge in [-0.1, -0.05) is 15.9 Å². The normalized spacial score (nSPS) is 11.6. The lowest BCUT2D eigenvalue weighted by molar-refractivity contribution is 0.265. The van der Waals surface area contributed by atoms with Gasteiger partial charge in [0.05, 0.1) is 5.52 Å². The van der Waals surface area contributed by atoms with Gasteiger partial charge in [-0.15, -0.1) is 10.2 Å². The standard InChI is InChI=1S/C26H19BrN4O2/c1-14-21-12-28-10-9-19(21)15(2)25-24(14)20-11-18(7-8-22(20)29-25)32-13-23-30-31-26(33-23)16-3-5-17(27)6-4-16/h3-12,29H,13H2,1-2H3. The Bertz CT molecular complexity index is 1650. The average Bonchev–Trinajstić information content (AvgIpc) is 3.47. The van der Waals surface area contributed by atoms with E-state index >= 15 is 0 Å². The molecule has 6 nitrogen and oxygen atoms in total. The second kappa shape index (κ2) is 7.71. The molecule has 3 aromatic heterocycles. The third kappa shape index (κ3) is 3.36. The highest BCUT2D eigenvalue weighted by Crippen LogP contribution is 2.37. The maximum absolute atomic E-state index is 6.01. The molecule has 0 fully saturated rings. The zero-order valence-corrected chi connectivity index (χ0v) is 19.6. The molecule has 0 aliphatic rings. The van der Waals surface area contributed by atoms with Crippen molar-refractivity contribution in [2.45, 2.75) is 20.5 Å². The molecule has 0 amide bonds. The van der Waals surface area contributed by atoms with Gasteiger partial charge in [-0.25, -0.2) is 0 Å². The summed E-state index contributed by atoms with van der Waals surface area (Å²) in [6.45, 7) is 4.49. The number of nitrogens with one attached hydrogen (secondary N) is 1. The summed E-state index contributed by atoms with van der Waals surface area (Å²) in [5.74, 6) is 1.64. The van der Waals surface area contributed by atoms with Crippen LogP contribution in [0.5, 0.6) is 5.75 Å². The number of benzene rings is 3. The smallest absolute Gasteiger partial charge is 0.254 e. The molecule has 0 bridgehead atoms. The lowest BCUT2D eigenvalue weighted by atomic mass is 9.97. The zero-order chi connectivity index (χ0) is 22.5. The molecule has 0 spiro atoms. The Balaban J connectivity index is 1.33. The van der Waals surface area contributed by atoms with Gasteiger partial charge < -0.3 is 14.1 Å². The van der Waals surface area contributed by atoms with Crippen LogP contribution in [-0.2, 0) is 6.61 Å². The summed E-state index contributed by atoms with van der Waals surface area (Å²) in [5, 5.41) is 13.0. The first-order valence-electron chi connectivity index (χ1n) is 10.6. The van der Waals surface area contributed by atoms with E-state index in [-0.39, 0.29) is 6.61 Å². The molecular formula is C26H19BrN4O2. The Morgan fingerprint density at radius 3 is 2.64 bits per heavy atom. The van der Waals surface area contributed by atoms with Gasteiger partial charge in [-0.2, -0.15) is 0 Å². The lowest BCUT2D eigenvalue weighted by Crippen LogP contribution is -1.95. The number of aryl methyl sites for hydroxylation is 2. The highest BCUT2D eigenvalue weighted by molar-refractivity contribution is 9.10. The van der Waals surface area contributed by atoms with E-state index in [1.54, 1.807) is 0 Å². The lowest BCUT2D eigenvalue weighted by Gasteiger charge is -2.08. The van der Waals surface area contributed by atoms with Crippen LogP contribution in [0.4, 0.5) is 0 Å². The van der Waals surface area contributed by atoms with E-state index in [9.17, 15) is 0 Å². The van der Waals surface area contributed by atoms with Gasteiger partial charge in [0.1, 0.15) is 5.75 Å². The molecule has 0 saturated carbocycles. The van der Waals surface area contributed by atoms with E-state index in [0.717, 1.165) is 32.2 Å². The number of nitrogens with zero attached hydrogens (tertiary/aromatic N) is 3. The quantitative estimate of drug-likeness (QED) is 0.286. The first-order valence-corrected chi connectivity index (χ1v) is 11.4. The van der Waals surface area contributed by atoms with E-state index in [4.69, 9.17) is 9.15 Å². The average molecular weight is 499 g/mol. The number of hydrogen-bond donors (Lipinski definition) is 1. The second-order valence-corrected chi connectivity index (χ2v) is 8.97. The molecule has 6 rings (SSSR count). The number of pyridine rings is 1. The van der Waals surface area contributed by atoms with Crippen LogP contribution < -0.4 is 4.74 Å². The van der Waals surface area contributed by atoms with Gasteiger partial charge in [-0.3, -0.25) is 4.98 Å². The minimum atomic E-state index is 0.197. The summed E-state index contributed by atoms with van der Waals surface area (Å²) in [6.07, 6.45) is 3.78. The number of H-pyrrole nitrogens is 1. The van der Waals surface area contributed by atoms with Gasteiger partial charge in [-0.05, 0) is 78.9 Å². The van der Waals surface area contributed by atoms with E-state index in [2.05, 4.69) is 62.1 Å². The highest BCUT2D eigenvalue weighted by atomic mass is 79.9. The Labute approximate surface area is 197 Å². The molecule has 0 radical (unpaired) electrons. The fourth-order valence-electron chi connectivity index (χ4n) is 4.39. The van der Waals surface area contributed by atoms with Gasteiger partial charge in [0.15, 0.2) is 6.61 Å². The van der Waals surface area contributed by atoms with Crippen LogP contribution in [-0.4, -0.2) is 20.2 Å². The molecule has 1 N–H and O–H groups in total. The molecule has 162 valence electrons. The molecule has 0 unspecified atom stereocenters. The Morgan fingerprint density at radius 1 is 0.939 bits per heavy atom. The first-order chi connectivity index (χ1) is 16.1. The molecular weight excluding hydrogens is 480 g/mol. The topological polar surface area (TPSA) is 76.8 Å². The number of hydrogen-bond acceptors (Lipinski definition) is 5. The maximum Gasteiger partial charge on any atom is 0.254 e. The summed E-state index contributed by atoms with van der Waals surface area (Å²) in [4.78, 5) is 7.92. The van der Waals surface area contributed by atoms with Crippen LogP contribution in [0.25, 0.3) is 44.0 Å². The Kier molecular flexibility index (Phi) is 4.66. The van der Waals surface area contributed by atoms with Crippen molar-refractivity contribution in [2.24, 2.45) is 0 Å². The maximum atomic E-state index is 6.01. The molecule has 0 aliphatic heterocycles. The van der Waals surface area contributed by atoms with Crippen LogP contribution in [0.3, 0.4) is 0 Å². The predicted molar refractivity (Wildman–Crippen MR) is 132 cm³/mol. The van der Waals surface area contributed by atoms with Crippen molar-refractivity contribution < 1.29 is 9.15 Å². The van der Waals surface area contributed by atoms with E-state index in [1.165, 1.54) is 27.3 Å². The Hall–Kier alpha value is -3.71. The van der Waals surface area contributed by atoms with Crippen molar-refractivity contribution in [3.05, 3.63) is 82.4 Å². The van der Waals surface area contributed by atoms with Crippen molar-refractivity contribution in [3.63, 3.8) is 0 Å². The number of aromatic amines is 1. The molecule has 3 aromatic carbocycles. The van der Waals surface area contributed by atoms with E-state index in [0.29, 0.717) is 11.8 Å². The van der Waals surface area contributed by atoms with Crippen molar-refractivity contribution in [2.75, 3.05) is 0 Å². The minimum Gasteiger partial charge on any atom is -0.484 e. The van der Waals surface area contributed by atoms with Crippen LogP contribution in [0, 0.1) is 13.8 Å². The molecule has 0 aliphatic carbocycles. The number of halogens is 1. The van der Waals surface area contributed by atoms with Crippen molar-refractivity contribution in [1.82, 2.24) is 20.2 Å². The molecule has 7 heteroatoms. The molecule has 3 heterocycles. The van der Waals surface area contributed by atoms with E-state index < -0.39 is 0 Å². The van der Waals surface area contributed by atoms with Crippen LogP contribution in [0.15, 0.2) is 69.8 Å². The third-order valence-corrected chi connectivity index (χ3v) is 6.60. The summed E-state index contributed by atoms with van der Waals surface area (Å²) < 4.78 is 12.8. The van der Waals surface area contributed by atoms with Gasteiger partial charge >= 0.3 is 0 Å². The third-order valence-electron chi connectivity index (χ3n) is 6.07. The van der Waals surface area contributed by atoms with Crippen LogP contribution >= 0.6 is 15.9 Å². The highest BCUT2D eigenvalue weighted by Gasteiger charge is 2.15. The van der Waals surface area contributed by atoms with Crippen LogP contribution in [0.1, 0.15) is 17.0 Å². The monoisotopic (exact) mass is 498 g/mol. The summed E-state index contributed by atoms with van der Waals surface area (Å²) in [7, 11) is 0. The first kappa shape index (κ1) is 19.9. The molecule has 33 heavy (non-hydrogen) atoms. The van der Waals surface area contributed by atoms with Crippen molar-refractivity contribution in [3.8, 4) is 17.2 Å². The largest absolute Gasteiger partial charge is 0.484 e. The molecule has 6 aromatic rings. The second-order valence-electron chi connectivity index (χ2n) is 8.05. The SMILES string of the molecule is Cc1c2ccncc2c(C)c2c1[nH]c1ccc(OCc3nnc(-c4ccc(Br)cc4)o3)cc12. The summed E-state index contributed by atoms with van der Waals surface area (Å²) in [6, 6.07) is 15.9. The molecule has 0 saturated heterocycles.